The number of aldehydes is 1. The first-order valence-corrected chi connectivity index (χ1v) is 15.8. The lowest BCUT2D eigenvalue weighted by atomic mass is 9.98. The average molecular weight is 681 g/mol. The third kappa shape index (κ3) is 5.78. The molecule has 0 amide bonds. The minimum atomic E-state index is -0.387. The second-order valence-electron chi connectivity index (χ2n) is 11.1. The summed E-state index contributed by atoms with van der Waals surface area (Å²) in [6, 6.07) is 25.6. The van der Waals surface area contributed by atoms with Gasteiger partial charge in [-0.25, -0.2) is 4.79 Å². The summed E-state index contributed by atoms with van der Waals surface area (Å²) in [7, 11) is 5.21. The second kappa shape index (κ2) is 13.2. The zero-order chi connectivity index (χ0) is 32.4. The quantitative estimate of drug-likeness (QED) is 0.0784. The van der Waals surface area contributed by atoms with Gasteiger partial charge in [-0.1, -0.05) is 70.5 Å². The van der Waals surface area contributed by atoms with E-state index in [2.05, 4.69) is 46.3 Å². The number of fused-ring (bicyclic) bond motifs is 2. The van der Waals surface area contributed by atoms with Crippen LogP contribution >= 0.6 is 15.9 Å². The van der Waals surface area contributed by atoms with Gasteiger partial charge in [0.25, 0.3) is 0 Å². The molecule has 0 aliphatic carbocycles. The van der Waals surface area contributed by atoms with Crippen LogP contribution in [0, 0.1) is 6.92 Å². The van der Waals surface area contributed by atoms with Crippen molar-refractivity contribution in [3.63, 3.8) is 0 Å². The molecule has 0 radical (unpaired) electrons. The van der Waals surface area contributed by atoms with Gasteiger partial charge in [-0.2, -0.15) is 5.10 Å². The molecular weight excluding hydrogens is 646 g/mol. The number of carbonyl (C=O) groups excluding carboxylic acids is 2. The van der Waals surface area contributed by atoms with E-state index in [0.29, 0.717) is 40.9 Å². The summed E-state index contributed by atoms with van der Waals surface area (Å²) in [6.07, 6.45) is 2.12. The van der Waals surface area contributed by atoms with E-state index in [4.69, 9.17) is 19.3 Å². The Labute approximate surface area is 275 Å². The maximum absolute atomic E-state index is 13.2. The minimum Gasteiger partial charge on any atom is -0.493 e. The highest BCUT2D eigenvalue weighted by molar-refractivity contribution is 9.10. The van der Waals surface area contributed by atoms with Gasteiger partial charge in [-0.3, -0.25) is 9.48 Å². The number of ether oxygens (including phenoxy) is 3. The van der Waals surface area contributed by atoms with E-state index in [9.17, 15) is 9.59 Å². The van der Waals surface area contributed by atoms with Gasteiger partial charge in [0.15, 0.2) is 6.29 Å². The SMILES string of the molecule is COC(=O)c1c(CCCOc2cccc3ccccc23)c2cccc(-c3c(COc4ccc(Br)c(C=O)c4)nn(C)c3C)c2n1C. The largest absolute Gasteiger partial charge is 0.493 e. The molecule has 0 spiro atoms. The molecule has 0 saturated carbocycles. The average Bonchev–Trinajstić information content (AvgIpc) is 3.53. The molecule has 0 aliphatic heterocycles. The molecule has 6 rings (SSSR count). The van der Waals surface area contributed by atoms with E-state index in [0.717, 1.165) is 61.8 Å². The fourth-order valence-corrected chi connectivity index (χ4v) is 6.48. The Morgan fingerprint density at radius 3 is 2.52 bits per heavy atom. The highest BCUT2D eigenvalue weighted by Gasteiger charge is 2.26. The summed E-state index contributed by atoms with van der Waals surface area (Å²) in [4.78, 5) is 24.7. The summed E-state index contributed by atoms with van der Waals surface area (Å²) in [5, 5.41) is 7.97. The molecular formula is C37H34BrN3O5. The first-order valence-electron chi connectivity index (χ1n) is 15.0. The van der Waals surface area contributed by atoms with E-state index in [1.54, 1.807) is 12.1 Å². The number of aromatic nitrogens is 3. The van der Waals surface area contributed by atoms with Crippen molar-refractivity contribution in [2.75, 3.05) is 13.7 Å². The van der Waals surface area contributed by atoms with Crippen LogP contribution in [0.3, 0.4) is 0 Å². The molecule has 0 N–H and O–H groups in total. The molecule has 4 aromatic carbocycles. The van der Waals surface area contributed by atoms with Crippen LogP contribution in [0.4, 0.5) is 0 Å². The minimum absolute atomic E-state index is 0.194. The first kappa shape index (κ1) is 31.1. The van der Waals surface area contributed by atoms with E-state index < -0.39 is 0 Å². The van der Waals surface area contributed by atoms with Crippen molar-refractivity contribution >= 4 is 49.9 Å². The van der Waals surface area contributed by atoms with Crippen molar-refractivity contribution < 1.29 is 23.8 Å². The van der Waals surface area contributed by atoms with Crippen molar-refractivity contribution in [2.24, 2.45) is 14.1 Å². The zero-order valence-corrected chi connectivity index (χ0v) is 27.8. The molecule has 0 atom stereocenters. The number of benzene rings is 4. The Morgan fingerprint density at radius 2 is 1.72 bits per heavy atom. The number of carbonyl (C=O) groups is 2. The lowest BCUT2D eigenvalue weighted by molar-refractivity contribution is 0.0589. The second-order valence-corrected chi connectivity index (χ2v) is 12.0. The van der Waals surface area contributed by atoms with E-state index in [-0.39, 0.29) is 12.6 Å². The molecule has 8 nitrogen and oxygen atoms in total. The molecule has 0 unspecified atom stereocenters. The zero-order valence-electron chi connectivity index (χ0n) is 26.2. The number of hydrogen-bond donors (Lipinski definition) is 0. The Kier molecular flexibility index (Phi) is 8.94. The summed E-state index contributed by atoms with van der Waals surface area (Å²) >= 11 is 3.39. The van der Waals surface area contributed by atoms with Gasteiger partial charge in [0.1, 0.15) is 29.5 Å². The van der Waals surface area contributed by atoms with Crippen LogP contribution in [0.15, 0.2) is 83.3 Å². The van der Waals surface area contributed by atoms with Crippen LogP contribution in [-0.2, 0) is 31.9 Å². The van der Waals surface area contributed by atoms with E-state index in [1.807, 2.05) is 66.7 Å². The van der Waals surface area contributed by atoms with Crippen LogP contribution in [0.25, 0.3) is 32.8 Å². The third-order valence-corrected chi connectivity index (χ3v) is 9.14. The Morgan fingerprint density at radius 1 is 0.957 bits per heavy atom. The summed E-state index contributed by atoms with van der Waals surface area (Å²) in [6.45, 7) is 2.71. The predicted octanol–water partition coefficient (Wildman–Crippen LogP) is 7.99. The number of aryl methyl sites for hydroxylation is 3. The summed E-state index contributed by atoms with van der Waals surface area (Å²) in [5.41, 5.74) is 6.44. The normalized spacial score (nSPS) is 11.2. The molecule has 46 heavy (non-hydrogen) atoms. The number of hydrogen-bond acceptors (Lipinski definition) is 6. The van der Waals surface area contributed by atoms with Gasteiger partial charge in [-0.05, 0) is 55.0 Å². The topological polar surface area (TPSA) is 84.6 Å². The monoisotopic (exact) mass is 679 g/mol. The number of esters is 1. The number of rotatable bonds is 11. The number of nitrogens with zero attached hydrogens (tertiary/aromatic N) is 3. The third-order valence-electron chi connectivity index (χ3n) is 8.42. The number of halogens is 1. The standard InChI is InChI=1S/C37H34BrN3O5/c1-23-34(32(39-41(23)3)22-46-26-17-18-31(38)25(20-26)21-42)30-14-8-13-28-29(36(37(43)44-4)40(2)35(28)30)15-9-19-45-33-16-7-11-24-10-5-6-12-27(24)33/h5-8,10-14,16-18,20-21H,9,15,19,22H2,1-4H3. The summed E-state index contributed by atoms with van der Waals surface area (Å²) in [5.74, 6) is 1.03. The highest BCUT2D eigenvalue weighted by Crippen LogP contribution is 2.38. The molecule has 0 bridgehead atoms. The van der Waals surface area contributed by atoms with Gasteiger partial charge >= 0.3 is 5.97 Å². The van der Waals surface area contributed by atoms with E-state index in [1.165, 1.54) is 7.11 Å². The number of methoxy groups -OCH3 is 1. The fourth-order valence-electron chi connectivity index (χ4n) is 6.14. The van der Waals surface area contributed by atoms with Crippen LogP contribution < -0.4 is 9.47 Å². The lowest BCUT2D eigenvalue weighted by Crippen LogP contribution is -2.11. The Balaban J connectivity index is 1.33. The molecule has 2 heterocycles. The van der Waals surface area contributed by atoms with Crippen molar-refractivity contribution in [3.8, 4) is 22.6 Å². The molecule has 6 aromatic rings. The van der Waals surface area contributed by atoms with Gasteiger partial charge in [-0.15, -0.1) is 0 Å². The predicted molar refractivity (Wildman–Crippen MR) is 183 cm³/mol. The fraction of sp³-hybridized carbons (Fsp3) is 0.216. The maximum atomic E-state index is 13.2. The maximum Gasteiger partial charge on any atom is 0.354 e. The van der Waals surface area contributed by atoms with E-state index >= 15 is 0 Å². The van der Waals surface area contributed by atoms with Crippen LogP contribution in [0.1, 0.15) is 44.2 Å². The molecule has 9 heteroatoms. The molecule has 0 fully saturated rings. The molecule has 2 aromatic heterocycles. The summed E-state index contributed by atoms with van der Waals surface area (Å²) < 4.78 is 22.1. The van der Waals surface area contributed by atoms with Gasteiger partial charge in [0.05, 0.1) is 19.2 Å². The lowest BCUT2D eigenvalue weighted by Gasteiger charge is -2.11. The molecule has 234 valence electrons. The Hall–Kier alpha value is -4.89. The smallest absolute Gasteiger partial charge is 0.354 e. The highest BCUT2D eigenvalue weighted by atomic mass is 79.9. The van der Waals surface area contributed by atoms with Gasteiger partial charge in [0, 0.05) is 51.7 Å². The van der Waals surface area contributed by atoms with Gasteiger partial charge < -0.3 is 18.8 Å². The first-order chi connectivity index (χ1) is 22.3. The van der Waals surface area contributed by atoms with Crippen molar-refractivity contribution in [1.82, 2.24) is 14.3 Å². The van der Waals surface area contributed by atoms with Crippen molar-refractivity contribution in [1.29, 1.82) is 0 Å². The number of para-hydroxylation sites is 1. The van der Waals surface area contributed by atoms with Crippen LogP contribution in [0.2, 0.25) is 0 Å². The molecule has 0 aliphatic rings. The van der Waals surface area contributed by atoms with Crippen LogP contribution in [0.5, 0.6) is 11.5 Å². The van der Waals surface area contributed by atoms with Gasteiger partial charge in [0.2, 0.25) is 0 Å². The van der Waals surface area contributed by atoms with Crippen molar-refractivity contribution in [3.05, 3.63) is 112 Å². The van der Waals surface area contributed by atoms with Crippen LogP contribution in [-0.4, -0.2) is 40.3 Å². The Bertz CT molecular complexity index is 2090. The van der Waals surface area contributed by atoms with Crippen molar-refractivity contribution in [2.45, 2.75) is 26.4 Å². The molecule has 0 saturated heterocycles.